The minimum Gasteiger partial charge on any atom is -0.343 e. The van der Waals surface area contributed by atoms with E-state index in [1.807, 2.05) is 43.3 Å². The molecule has 0 radical (unpaired) electrons. The number of carbonyl (C=O) groups excluding carboxylic acids is 2. The molecule has 0 aliphatic carbocycles. The van der Waals surface area contributed by atoms with E-state index in [9.17, 15) is 14.9 Å². The Morgan fingerprint density at radius 3 is 2.57 bits per heavy atom. The Morgan fingerprint density at radius 2 is 1.93 bits per heavy atom. The molecule has 0 saturated carbocycles. The number of thioether (sulfide) groups is 1. The van der Waals surface area contributed by atoms with Gasteiger partial charge in [0.1, 0.15) is 0 Å². The number of benzene rings is 2. The molecule has 3 rings (SSSR count). The van der Waals surface area contributed by atoms with Crippen molar-refractivity contribution in [1.29, 1.82) is 5.26 Å². The Labute approximate surface area is 182 Å². The average molecular weight is 422 g/mol. The summed E-state index contributed by atoms with van der Waals surface area (Å²) in [6.45, 7) is 6.20. The van der Waals surface area contributed by atoms with Crippen molar-refractivity contribution in [3.8, 4) is 6.07 Å². The first-order chi connectivity index (χ1) is 14.4. The fraction of sp³-hybridized carbons (Fsp3) is 0.375. The standard InChI is InChI=1S/C24H27N3O2S/c1-15(2)17-8-10-18(11-9-17)19-12-22(28)27-24(20(19)13-25)30-14-23(29)26-21-7-5-4-6-16(21)3/h4-11,15,19-20,24H,12,14H2,1-3H3,(H,26,29)(H,27,28). The van der Waals surface area contributed by atoms with Crippen LogP contribution in [0.1, 0.15) is 48.8 Å². The largest absolute Gasteiger partial charge is 0.343 e. The van der Waals surface area contributed by atoms with Gasteiger partial charge in [0, 0.05) is 18.0 Å². The maximum Gasteiger partial charge on any atom is 0.234 e. The molecular formula is C24H27N3O2S. The molecule has 0 aromatic heterocycles. The number of aryl methyl sites for hydroxylation is 1. The Balaban J connectivity index is 1.68. The molecule has 5 nitrogen and oxygen atoms in total. The third kappa shape index (κ3) is 5.22. The van der Waals surface area contributed by atoms with Crippen LogP contribution in [0.2, 0.25) is 0 Å². The Morgan fingerprint density at radius 1 is 1.23 bits per heavy atom. The molecule has 6 heteroatoms. The highest BCUT2D eigenvalue weighted by Crippen LogP contribution is 2.37. The van der Waals surface area contributed by atoms with Gasteiger partial charge in [-0.25, -0.2) is 0 Å². The van der Waals surface area contributed by atoms with Crippen molar-refractivity contribution in [2.75, 3.05) is 11.1 Å². The summed E-state index contributed by atoms with van der Waals surface area (Å²) < 4.78 is 0. The van der Waals surface area contributed by atoms with Crippen LogP contribution in [0.5, 0.6) is 0 Å². The SMILES string of the molecule is Cc1ccccc1NC(=O)CSC1NC(=O)CC(c2ccc(C(C)C)cc2)C1C#N. The number of piperidine rings is 1. The van der Waals surface area contributed by atoms with Crippen molar-refractivity contribution >= 4 is 29.3 Å². The molecule has 0 bridgehead atoms. The molecule has 3 unspecified atom stereocenters. The second-order valence-corrected chi connectivity index (χ2v) is 9.08. The molecular weight excluding hydrogens is 394 g/mol. The van der Waals surface area contributed by atoms with Gasteiger partial charge >= 0.3 is 0 Å². The molecule has 1 saturated heterocycles. The number of para-hydroxylation sites is 1. The Kier molecular flexibility index (Phi) is 7.17. The van der Waals surface area contributed by atoms with Gasteiger partial charge in [0.2, 0.25) is 11.8 Å². The lowest BCUT2D eigenvalue weighted by Gasteiger charge is -2.34. The minimum atomic E-state index is -0.423. The zero-order valence-corrected chi connectivity index (χ0v) is 18.3. The van der Waals surface area contributed by atoms with Crippen LogP contribution in [0.3, 0.4) is 0 Å². The van der Waals surface area contributed by atoms with Crippen LogP contribution in [-0.2, 0) is 9.59 Å². The fourth-order valence-corrected chi connectivity index (χ4v) is 4.74. The zero-order chi connectivity index (χ0) is 21.7. The zero-order valence-electron chi connectivity index (χ0n) is 17.5. The third-order valence-electron chi connectivity index (χ3n) is 5.46. The number of nitriles is 1. The summed E-state index contributed by atoms with van der Waals surface area (Å²) in [5.41, 5.74) is 3.99. The monoisotopic (exact) mass is 421 g/mol. The van der Waals surface area contributed by atoms with Crippen LogP contribution in [-0.4, -0.2) is 22.9 Å². The average Bonchev–Trinajstić information content (AvgIpc) is 2.73. The van der Waals surface area contributed by atoms with E-state index >= 15 is 0 Å². The lowest BCUT2D eigenvalue weighted by Crippen LogP contribution is -2.46. The van der Waals surface area contributed by atoms with Crippen molar-refractivity contribution < 1.29 is 9.59 Å². The number of hydrogen-bond donors (Lipinski definition) is 2. The molecule has 1 aliphatic heterocycles. The van der Waals surface area contributed by atoms with E-state index in [-0.39, 0.29) is 29.9 Å². The van der Waals surface area contributed by atoms with Crippen molar-refractivity contribution in [3.63, 3.8) is 0 Å². The van der Waals surface area contributed by atoms with Crippen LogP contribution >= 0.6 is 11.8 Å². The first-order valence-electron chi connectivity index (χ1n) is 10.1. The molecule has 1 aliphatic rings. The van der Waals surface area contributed by atoms with Gasteiger partial charge < -0.3 is 10.6 Å². The molecule has 30 heavy (non-hydrogen) atoms. The lowest BCUT2D eigenvalue weighted by atomic mass is 9.81. The summed E-state index contributed by atoms with van der Waals surface area (Å²) in [6, 6.07) is 18.1. The normalized spacial score (nSPS) is 21.0. The highest BCUT2D eigenvalue weighted by atomic mass is 32.2. The van der Waals surface area contributed by atoms with Crippen LogP contribution in [0.15, 0.2) is 48.5 Å². The number of rotatable bonds is 6. The number of nitrogens with zero attached hydrogens (tertiary/aromatic N) is 1. The van der Waals surface area contributed by atoms with Gasteiger partial charge in [-0.2, -0.15) is 5.26 Å². The number of nitrogens with one attached hydrogen (secondary N) is 2. The van der Waals surface area contributed by atoms with Gasteiger partial charge in [-0.15, -0.1) is 11.8 Å². The van der Waals surface area contributed by atoms with Crippen LogP contribution in [0, 0.1) is 24.2 Å². The number of carbonyl (C=O) groups is 2. The molecule has 1 heterocycles. The molecule has 2 amide bonds. The van der Waals surface area contributed by atoms with E-state index < -0.39 is 11.3 Å². The smallest absolute Gasteiger partial charge is 0.234 e. The van der Waals surface area contributed by atoms with E-state index in [4.69, 9.17) is 0 Å². The number of anilines is 1. The van der Waals surface area contributed by atoms with Gasteiger partial charge in [-0.3, -0.25) is 9.59 Å². The summed E-state index contributed by atoms with van der Waals surface area (Å²) >= 11 is 1.31. The number of hydrogen-bond acceptors (Lipinski definition) is 4. The third-order valence-corrected chi connectivity index (χ3v) is 6.66. The maximum absolute atomic E-state index is 12.4. The molecule has 3 atom stereocenters. The van der Waals surface area contributed by atoms with Gasteiger partial charge in [-0.1, -0.05) is 56.3 Å². The van der Waals surface area contributed by atoms with Crippen LogP contribution in [0.4, 0.5) is 5.69 Å². The summed E-state index contributed by atoms with van der Waals surface area (Å²) in [4.78, 5) is 24.7. The van der Waals surface area contributed by atoms with E-state index in [1.165, 1.54) is 17.3 Å². The summed E-state index contributed by atoms with van der Waals surface area (Å²) in [6.07, 6.45) is 0.283. The number of amides is 2. The molecule has 2 N–H and O–H groups in total. The van der Waals surface area contributed by atoms with Crippen molar-refractivity contribution in [2.24, 2.45) is 5.92 Å². The highest BCUT2D eigenvalue weighted by molar-refractivity contribution is 8.00. The van der Waals surface area contributed by atoms with E-state index in [1.54, 1.807) is 0 Å². The fourth-order valence-electron chi connectivity index (χ4n) is 3.67. The van der Waals surface area contributed by atoms with E-state index in [2.05, 4.69) is 42.7 Å². The summed E-state index contributed by atoms with van der Waals surface area (Å²) in [7, 11) is 0. The van der Waals surface area contributed by atoms with Gasteiger partial charge in [-0.05, 0) is 35.6 Å². The molecule has 0 spiro atoms. The second kappa shape index (κ2) is 9.82. The molecule has 2 aromatic rings. The minimum absolute atomic E-state index is 0.0868. The summed E-state index contributed by atoms with van der Waals surface area (Å²) in [5, 5.41) is 15.2. The van der Waals surface area contributed by atoms with Crippen LogP contribution < -0.4 is 10.6 Å². The topological polar surface area (TPSA) is 82.0 Å². The van der Waals surface area contributed by atoms with Gasteiger partial charge in [0.25, 0.3) is 0 Å². The van der Waals surface area contributed by atoms with Crippen molar-refractivity contribution in [2.45, 2.75) is 44.4 Å². The molecule has 2 aromatic carbocycles. The first-order valence-corrected chi connectivity index (χ1v) is 11.2. The van der Waals surface area contributed by atoms with Gasteiger partial charge in [0.15, 0.2) is 0 Å². The summed E-state index contributed by atoms with van der Waals surface area (Å²) in [5.74, 6) is -0.225. The first kappa shape index (κ1) is 21.9. The maximum atomic E-state index is 12.4. The Bertz CT molecular complexity index is 950. The van der Waals surface area contributed by atoms with Crippen molar-refractivity contribution in [3.05, 3.63) is 65.2 Å². The lowest BCUT2D eigenvalue weighted by molar-refractivity contribution is -0.123. The predicted octanol–water partition coefficient (Wildman–Crippen LogP) is 4.56. The highest BCUT2D eigenvalue weighted by Gasteiger charge is 2.38. The van der Waals surface area contributed by atoms with Gasteiger partial charge in [0.05, 0.1) is 23.1 Å². The quantitative estimate of drug-likeness (QED) is 0.716. The second-order valence-electron chi connectivity index (χ2n) is 7.95. The predicted molar refractivity (Wildman–Crippen MR) is 121 cm³/mol. The molecule has 1 fully saturated rings. The molecule has 156 valence electrons. The van der Waals surface area contributed by atoms with E-state index in [0.717, 1.165) is 16.8 Å². The van der Waals surface area contributed by atoms with E-state index in [0.29, 0.717) is 5.92 Å². The Hall–Kier alpha value is -2.78. The van der Waals surface area contributed by atoms with Crippen molar-refractivity contribution in [1.82, 2.24) is 5.32 Å². The van der Waals surface area contributed by atoms with Crippen LogP contribution in [0.25, 0.3) is 0 Å².